The molecule has 0 saturated carbocycles. The van der Waals surface area contributed by atoms with Crippen LogP contribution in [0.3, 0.4) is 0 Å². The summed E-state index contributed by atoms with van der Waals surface area (Å²) in [6, 6.07) is 12.3. The van der Waals surface area contributed by atoms with E-state index in [9.17, 15) is 0 Å². The van der Waals surface area contributed by atoms with E-state index in [2.05, 4.69) is 27.4 Å². The molecule has 0 aliphatic rings. The fourth-order valence-electron chi connectivity index (χ4n) is 1.69. The Morgan fingerprint density at radius 1 is 1.06 bits per heavy atom. The Morgan fingerprint density at radius 2 is 1.94 bits per heavy atom. The van der Waals surface area contributed by atoms with E-state index in [0.717, 1.165) is 17.6 Å². The van der Waals surface area contributed by atoms with Crippen molar-refractivity contribution in [2.75, 3.05) is 0 Å². The molecule has 0 spiro atoms. The monoisotopic (exact) mass is 210 g/mol. The number of benzene rings is 1. The molecule has 0 saturated heterocycles. The first-order chi connectivity index (χ1) is 7.92. The molecule has 0 aliphatic carbocycles. The van der Waals surface area contributed by atoms with Crippen molar-refractivity contribution < 1.29 is 0 Å². The summed E-state index contributed by atoms with van der Waals surface area (Å²) in [5.41, 5.74) is 3.20. The van der Waals surface area contributed by atoms with Crippen LogP contribution in [0.5, 0.6) is 0 Å². The fourth-order valence-corrected chi connectivity index (χ4v) is 1.69. The topological polar surface area (TPSA) is 43.1 Å². The zero-order chi connectivity index (χ0) is 10.8. The molecule has 0 radical (unpaired) electrons. The average molecular weight is 210 g/mol. The highest BCUT2D eigenvalue weighted by Crippen LogP contribution is 2.09. The first-order valence-corrected chi connectivity index (χ1v) is 5.11. The van der Waals surface area contributed by atoms with Crippen LogP contribution in [-0.2, 0) is 6.42 Å². The Kier molecular flexibility index (Phi) is 2.11. The summed E-state index contributed by atoms with van der Waals surface area (Å²) in [6.45, 7) is 0. The van der Waals surface area contributed by atoms with Crippen LogP contribution in [0, 0.1) is 0 Å². The number of aromatic nitrogens is 4. The predicted octanol–water partition coefficient (Wildman–Crippen LogP) is 1.72. The summed E-state index contributed by atoms with van der Waals surface area (Å²) in [5.74, 6) is 0. The van der Waals surface area contributed by atoms with E-state index in [1.54, 1.807) is 10.8 Å². The molecule has 0 atom stereocenters. The van der Waals surface area contributed by atoms with Crippen LogP contribution in [0.2, 0.25) is 0 Å². The highest BCUT2D eigenvalue weighted by atomic mass is 15.3. The van der Waals surface area contributed by atoms with Gasteiger partial charge in [0.25, 0.3) is 0 Å². The molecule has 0 unspecified atom stereocenters. The smallest absolute Gasteiger partial charge is 0.177 e. The summed E-state index contributed by atoms with van der Waals surface area (Å²) in [4.78, 5) is 0. The molecule has 1 aromatic carbocycles. The minimum absolute atomic E-state index is 0.786. The summed E-state index contributed by atoms with van der Waals surface area (Å²) >= 11 is 0. The first-order valence-electron chi connectivity index (χ1n) is 5.11. The number of hydrogen-bond donors (Lipinski definition) is 0. The molecule has 0 bridgehead atoms. The quantitative estimate of drug-likeness (QED) is 0.646. The van der Waals surface area contributed by atoms with Crippen molar-refractivity contribution >= 4 is 5.65 Å². The predicted molar refractivity (Wildman–Crippen MR) is 60.0 cm³/mol. The van der Waals surface area contributed by atoms with Crippen LogP contribution < -0.4 is 0 Å². The zero-order valence-corrected chi connectivity index (χ0v) is 8.61. The summed E-state index contributed by atoms with van der Waals surface area (Å²) in [6.07, 6.45) is 4.32. The van der Waals surface area contributed by atoms with Gasteiger partial charge in [-0.05, 0) is 23.6 Å². The molecular weight excluding hydrogens is 200 g/mol. The standard InChI is InChI=1S/C12H10N4/c1-2-4-10(5-3-1)6-11-7-12-15-13-9-16(12)14-8-11/h1-5,7-9H,6H2. The largest absolute Gasteiger partial charge is 0.201 e. The molecule has 3 rings (SSSR count). The van der Waals surface area contributed by atoms with Crippen molar-refractivity contribution in [2.24, 2.45) is 0 Å². The van der Waals surface area contributed by atoms with E-state index >= 15 is 0 Å². The third-order valence-electron chi connectivity index (χ3n) is 2.47. The van der Waals surface area contributed by atoms with Crippen LogP contribution in [0.4, 0.5) is 0 Å². The lowest BCUT2D eigenvalue weighted by atomic mass is 10.1. The Balaban J connectivity index is 1.94. The zero-order valence-electron chi connectivity index (χ0n) is 8.61. The van der Waals surface area contributed by atoms with Gasteiger partial charge in [0, 0.05) is 0 Å². The van der Waals surface area contributed by atoms with Gasteiger partial charge in [0.1, 0.15) is 6.33 Å². The number of hydrogen-bond acceptors (Lipinski definition) is 3. The van der Waals surface area contributed by atoms with Crippen molar-refractivity contribution in [3.05, 3.63) is 60.0 Å². The van der Waals surface area contributed by atoms with Gasteiger partial charge in [-0.25, -0.2) is 4.52 Å². The first kappa shape index (κ1) is 9.03. The van der Waals surface area contributed by atoms with Gasteiger partial charge in [-0.3, -0.25) is 0 Å². The maximum atomic E-state index is 4.23. The molecule has 78 valence electrons. The van der Waals surface area contributed by atoms with Crippen molar-refractivity contribution in [2.45, 2.75) is 6.42 Å². The van der Waals surface area contributed by atoms with E-state index in [1.165, 1.54) is 5.56 Å². The van der Waals surface area contributed by atoms with Crippen molar-refractivity contribution in [1.82, 2.24) is 19.8 Å². The summed E-state index contributed by atoms with van der Waals surface area (Å²) in [5, 5.41) is 12.0. The third-order valence-corrected chi connectivity index (χ3v) is 2.47. The van der Waals surface area contributed by atoms with Gasteiger partial charge in [-0.1, -0.05) is 30.3 Å². The second kappa shape index (κ2) is 3.73. The molecule has 0 fully saturated rings. The van der Waals surface area contributed by atoms with E-state index in [4.69, 9.17) is 0 Å². The van der Waals surface area contributed by atoms with Crippen molar-refractivity contribution in [3.63, 3.8) is 0 Å². The van der Waals surface area contributed by atoms with Gasteiger partial charge in [-0.15, -0.1) is 10.2 Å². The molecule has 2 aromatic heterocycles. The van der Waals surface area contributed by atoms with Gasteiger partial charge in [0.15, 0.2) is 5.65 Å². The number of nitrogens with zero attached hydrogens (tertiary/aromatic N) is 4. The molecule has 2 heterocycles. The average Bonchev–Trinajstić information content (AvgIpc) is 2.77. The summed E-state index contributed by atoms with van der Waals surface area (Å²) in [7, 11) is 0. The maximum absolute atomic E-state index is 4.23. The van der Waals surface area contributed by atoms with Crippen LogP contribution in [-0.4, -0.2) is 19.8 Å². The highest BCUT2D eigenvalue weighted by molar-refractivity contribution is 5.39. The SMILES string of the molecule is c1ccc(Cc2cnn3cnnc3c2)cc1. The Morgan fingerprint density at radius 3 is 2.81 bits per heavy atom. The van der Waals surface area contributed by atoms with Crippen LogP contribution in [0.15, 0.2) is 48.9 Å². The fraction of sp³-hybridized carbons (Fsp3) is 0.0833. The van der Waals surface area contributed by atoms with E-state index in [-0.39, 0.29) is 0 Å². The lowest BCUT2D eigenvalue weighted by molar-refractivity contribution is 0.910. The van der Waals surface area contributed by atoms with E-state index < -0.39 is 0 Å². The molecule has 0 amide bonds. The maximum Gasteiger partial charge on any atom is 0.177 e. The second-order valence-electron chi connectivity index (χ2n) is 3.66. The molecule has 4 heteroatoms. The lowest BCUT2D eigenvalue weighted by Crippen LogP contribution is -1.94. The number of fused-ring (bicyclic) bond motifs is 1. The van der Waals surface area contributed by atoms with Gasteiger partial charge < -0.3 is 0 Å². The third kappa shape index (κ3) is 1.65. The highest BCUT2D eigenvalue weighted by Gasteiger charge is 2.00. The number of rotatable bonds is 2. The lowest BCUT2D eigenvalue weighted by Gasteiger charge is -2.00. The van der Waals surface area contributed by atoms with Gasteiger partial charge in [0.05, 0.1) is 6.20 Å². The molecule has 0 N–H and O–H groups in total. The molecule has 4 nitrogen and oxygen atoms in total. The molecule has 3 aromatic rings. The second-order valence-corrected chi connectivity index (χ2v) is 3.66. The normalized spacial score (nSPS) is 10.8. The Bertz CT molecular complexity index is 600. The van der Waals surface area contributed by atoms with Gasteiger partial charge in [0.2, 0.25) is 0 Å². The minimum atomic E-state index is 0.786. The molecule has 0 aliphatic heterocycles. The van der Waals surface area contributed by atoms with Crippen molar-refractivity contribution in [3.8, 4) is 0 Å². The Hall–Kier alpha value is -2.23. The van der Waals surface area contributed by atoms with Crippen LogP contribution in [0.25, 0.3) is 5.65 Å². The van der Waals surface area contributed by atoms with Gasteiger partial charge >= 0.3 is 0 Å². The molecule has 16 heavy (non-hydrogen) atoms. The molecular formula is C12H10N4. The van der Waals surface area contributed by atoms with Crippen LogP contribution >= 0.6 is 0 Å². The van der Waals surface area contributed by atoms with E-state index in [0.29, 0.717) is 0 Å². The Labute approximate surface area is 92.6 Å². The summed E-state index contributed by atoms with van der Waals surface area (Å²) < 4.78 is 1.66. The van der Waals surface area contributed by atoms with Gasteiger partial charge in [-0.2, -0.15) is 5.10 Å². The minimum Gasteiger partial charge on any atom is -0.201 e. The van der Waals surface area contributed by atoms with Crippen molar-refractivity contribution in [1.29, 1.82) is 0 Å². The van der Waals surface area contributed by atoms with E-state index in [1.807, 2.05) is 30.5 Å². The van der Waals surface area contributed by atoms with Crippen LogP contribution in [0.1, 0.15) is 11.1 Å².